The van der Waals surface area contributed by atoms with Gasteiger partial charge in [0.15, 0.2) is 5.82 Å². The molecule has 0 amide bonds. The largest absolute Gasteiger partial charge is 0.369 e. The number of nitrogens with one attached hydrogen (secondary N) is 1. The van der Waals surface area contributed by atoms with E-state index in [0.717, 1.165) is 44.6 Å². The predicted octanol–water partition coefficient (Wildman–Crippen LogP) is 3.15. The molecule has 1 N–H and O–H groups in total. The molecule has 0 aliphatic heterocycles. The number of hydrogen-bond donors (Lipinski definition) is 1. The molecule has 0 atom stereocenters. The van der Waals surface area contributed by atoms with Crippen LogP contribution in [0.1, 0.15) is 31.7 Å². The quantitative estimate of drug-likeness (QED) is 0.721. The number of rotatable bonds is 9. The van der Waals surface area contributed by atoms with E-state index in [1.54, 1.807) is 6.20 Å². The molecule has 0 radical (unpaired) electrons. The Labute approximate surface area is 132 Å². The van der Waals surface area contributed by atoms with Crippen molar-refractivity contribution in [3.05, 3.63) is 42.1 Å². The maximum Gasteiger partial charge on any atom is 0.247 e. The summed E-state index contributed by atoms with van der Waals surface area (Å²) in [6.07, 6.45) is 6.11. The van der Waals surface area contributed by atoms with E-state index >= 15 is 0 Å². The van der Waals surface area contributed by atoms with E-state index < -0.39 is 0 Å². The van der Waals surface area contributed by atoms with Crippen molar-refractivity contribution in [3.63, 3.8) is 0 Å². The van der Waals surface area contributed by atoms with Gasteiger partial charge in [0.1, 0.15) is 0 Å². The van der Waals surface area contributed by atoms with Gasteiger partial charge in [0.2, 0.25) is 5.95 Å². The average molecular weight is 299 g/mol. The van der Waals surface area contributed by atoms with Gasteiger partial charge in [0.05, 0.1) is 6.20 Å². The molecule has 0 fully saturated rings. The van der Waals surface area contributed by atoms with Crippen LogP contribution in [0.25, 0.3) is 0 Å². The number of aryl methyl sites for hydroxylation is 1. The second-order valence-electron chi connectivity index (χ2n) is 5.43. The standard InChI is InChI=1S/C17H25N5/c1-3-4-13-22(2)17-20-16(14-19-21-17)18-12-8-11-15-9-6-5-7-10-15/h5-7,9-10,14H,3-4,8,11-13H2,1-2H3,(H,18,20,21). The summed E-state index contributed by atoms with van der Waals surface area (Å²) >= 11 is 0. The number of hydrogen-bond acceptors (Lipinski definition) is 5. The molecule has 1 aromatic carbocycles. The van der Waals surface area contributed by atoms with Crippen molar-refractivity contribution in [3.8, 4) is 0 Å². The molecule has 2 rings (SSSR count). The molecule has 0 saturated carbocycles. The van der Waals surface area contributed by atoms with Crippen LogP contribution in [0.3, 0.4) is 0 Å². The molecule has 5 heteroatoms. The zero-order valence-corrected chi connectivity index (χ0v) is 13.5. The van der Waals surface area contributed by atoms with Gasteiger partial charge in [-0.3, -0.25) is 0 Å². The fourth-order valence-electron chi connectivity index (χ4n) is 2.19. The third-order valence-corrected chi connectivity index (χ3v) is 3.53. The van der Waals surface area contributed by atoms with Crippen molar-refractivity contribution in [2.45, 2.75) is 32.6 Å². The zero-order chi connectivity index (χ0) is 15.6. The fourth-order valence-corrected chi connectivity index (χ4v) is 2.19. The highest BCUT2D eigenvalue weighted by Crippen LogP contribution is 2.09. The van der Waals surface area contributed by atoms with E-state index in [4.69, 9.17) is 0 Å². The van der Waals surface area contributed by atoms with Crippen molar-refractivity contribution in [1.29, 1.82) is 0 Å². The van der Waals surface area contributed by atoms with E-state index in [9.17, 15) is 0 Å². The average Bonchev–Trinajstić information content (AvgIpc) is 2.58. The van der Waals surface area contributed by atoms with Crippen LogP contribution in [-0.4, -0.2) is 35.3 Å². The summed E-state index contributed by atoms with van der Waals surface area (Å²) in [5, 5.41) is 11.5. The monoisotopic (exact) mass is 299 g/mol. The summed E-state index contributed by atoms with van der Waals surface area (Å²) in [6.45, 7) is 4.01. The minimum atomic E-state index is 0.682. The smallest absolute Gasteiger partial charge is 0.247 e. The fraction of sp³-hybridized carbons (Fsp3) is 0.471. The van der Waals surface area contributed by atoms with Crippen LogP contribution in [0.4, 0.5) is 11.8 Å². The molecule has 22 heavy (non-hydrogen) atoms. The number of aromatic nitrogens is 3. The first-order chi connectivity index (χ1) is 10.8. The minimum Gasteiger partial charge on any atom is -0.369 e. The first-order valence-corrected chi connectivity index (χ1v) is 7.98. The van der Waals surface area contributed by atoms with Crippen molar-refractivity contribution in [1.82, 2.24) is 15.2 Å². The maximum atomic E-state index is 4.51. The van der Waals surface area contributed by atoms with Crippen molar-refractivity contribution in [2.75, 3.05) is 30.4 Å². The Morgan fingerprint density at radius 1 is 1.14 bits per heavy atom. The Morgan fingerprint density at radius 3 is 2.73 bits per heavy atom. The van der Waals surface area contributed by atoms with Gasteiger partial charge in [-0.1, -0.05) is 43.7 Å². The van der Waals surface area contributed by atoms with Gasteiger partial charge in [-0.2, -0.15) is 10.1 Å². The molecule has 0 unspecified atom stereocenters. The van der Waals surface area contributed by atoms with Gasteiger partial charge in [-0.25, -0.2) is 0 Å². The molecule has 0 saturated heterocycles. The van der Waals surface area contributed by atoms with E-state index in [1.807, 2.05) is 18.0 Å². The summed E-state index contributed by atoms with van der Waals surface area (Å²) < 4.78 is 0. The highest BCUT2D eigenvalue weighted by molar-refractivity contribution is 5.38. The van der Waals surface area contributed by atoms with E-state index in [-0.39, 0.29) is 0 Å². The summed E-state index contributed by atoms with van der Waals surface area (Å²) in [4.78, 5) is 6.56. The first kappa shape index (κ1) is 16.2. The second-order valence-corrected chi connectivity index (χ2v) is 5.43. The van der Waals surface area contributed by atoms with Gasteiger partial charge in [0.25, 0.3) is 0 Å². The Hall–Kier alpha value is -2.17. The van der Waals surface area contributed by atoms with Gasteiger partial charge in [-0.05, 0) is 24.8 Å². The topological polar surface area (TPSA) is 53.9 Å². The SMILES string of the molecule is CCCCN(C)c1nncc(NCCCc2ccccc2)n1. The molecule has 2 aromatic rings. The molecular weight excluding hydrogens is 274 g/mol. The second kappa shape index (κ2) is 8.97. The first-order valence-electron chi connectivity index (χ1n) is 7.98. The molecule has 0 bridgehead atoms. The Bertz CT molecular complexity index is 544. The van der Waals surface area contributed by atoms with Crippen LogP contribution < -0.4 is 10.2 Å². The number of benzene rings is 1. The normalized spacial score (nSPS) is 10.5. The number of unbranched alkanes of at least 4 members (excludes halogenated alkanes) is 1. The highest BCUT2D eigenvalue weighted by atomic mass is 15.3. The van der Waals surface area contributed by atoms with Crippen LogP contribution in [0.5, 0.6) is 0 Å². The van der Waals surface area contributed by atoms with Gasteiger partial charge in [0, 0.05) is 20.1 Å². The summed E-state index contributed by atoms with van der Waals surface area (Å²) in [7, 11) is 2.01. The van der Waals surface area contributed by atoms with Gasteiger partial charge >= 0.3 is 0 Å². The molecule has 1 aromatic heterocycles. The lowest BCUT2D eigenvalue weighted by molar-refractivity contribution is 0.740. The molecule has 5 nitrogen and oxygen atoms in total. The Morgan fingerprint density at radius 2 is 1.95 bits per heavy atom. The Kier molecular flexibility index (Phi) is 6.61. The molecule has 0 aliphatic rings. The van der Waals surface area contributed by atoms with Gasteiger partial charge in [-0.15, -0.1) is 5.10 Å². The third-order valence-electron chi connectivity index (χ3n) is 3.53. The lowest BCUT2D eigenvalue weighted by atomic mass is 10.1. The molecule has 118 valence electrons. The van der Waals surface area contributed by atoms with Crippen molar-refractivity contribution in [2.24, 2.45) is 0 Å². The molecule has 0 aliphatic carbocycles. The predicted molar refractivity (Wildman–Crippen MR) is 91.3 cm³/mol. The third kappa shape index (κ3) is 5.31. The van der Waals surface area contributed by atoms with Gasteiger partial charge < -0.3 is 10.2 Å². The number of anilines is 2. The molecule has 0 spiro atoms. The lowest BCUT2D eigenvalue weighted by Crippen LogP contribution is -2.21. The van der Waals surface area contributed by atoms with E-state index in [0.29, 0.717) is 5.95 Å². The van der Waals surface area contributed by atoms with E-state index in [1.165, 1.54) is 5.56 Å². The van der Waals surface area contributed by atoms with E-state index in [2.05, 4.69) is 51.7 Å². The van der Waals surface area contributed by atoms with Crippen LogP contribution in [-0.2, 0) is 6.42 Å². The molecular formula is C17H25N5. The Balaban J connectivity index is 1.78. The summed E-state index contributed by atoms with van der Waals surface area (Å²) in [6, 6.07) is 10.5. The van der Waals surface area contributed by atoms with Crippen LogP contribution >= 0.6 is 0 Å². The van der Waals surface area contributed by atoms with Crippen LogP contribution in [0.15, 0.2) is 36.5 Å². The molecule has 1 heterocycles. The number of nitrogens with zero attached hydrogens (tertiary/aromatic N) is 4. The lowest BCUT2D eigenvalue weighted by Gasteiger charge is -2.16. The van der Waals surface area contributed by atoms with Crippen molar-refractivity contribution >= 4 is 11.8 Å². The van der Waals surface area contributed by atoms with Crippen LogP contribution in [0.2, 0.25) is 0 Å². The maximum absolute atomic E-state index is 4.51. The highest BCUT2D eigenvalue weighted by Gasteiger charge is 2.05. The zero-order valence-electron chi connectivity index (χ0n) is 13.5. The van der Waals surface area contributed by atoms with Crippen molar-refractivity contribution < 1.29 is 0 Å². The summed E-state index contributed by atoms with van der Waals surface area (Å²) in [5.41, 5.74) is 1.37. The van der Waals surface area contributed by atoms with Crippen LogP contribution in [0, 0.1) is 0 Å². The summed E-state index contributed by atoms with van der Waals surface area (Å²) in [5.74, 6) is 1.47. The minimum absolute atomic E-state index is 0.682.